The predicted octanol–water partition coefficient (Wildman–Crippen LogP) is 2.12. The number of nitrogens with one attached hydrogen (secondary N) is 1. The van der Waals surface area contributed by atoms with Gasteiger partial charge in [0.05, 0.1) is 23.4 Å². The van der Waals surface area contributed by atoms with Gasteiger partial charge in [0.15, 0.2) is 0 Å². The van der Waals surface area contributed by atoms with Crippen LogP contribution in [0.1, 0.15) is 47.3 Å². The molecule has 0 aliphatic heterocycles. The zero-order valence-electron chi connectivity index (χ0n) is 10.9. The molecule has 2 rings (SSSR count). The van der Waals surface area contributed by atoms with Gasteiger partial charge in [-0.2, -0.15) is 0 Å². The smallest absolute Gasteiger partial charge is 0.263 e. The minimum absolute atomic E-state index is 0.0147. The fraction of sp³-hybridized carbons (Fsp3) is 0.692. The molecular weight excluding hydrogens is 248 g/mol. The van der Waals surface area contributed by atoms with Crippen LogP contribution in [0.5, 0.6) is 0 Å². The molecule has 0 saturated heterocycles. The Hall–Kier alpha value is -0.940. The lowest BCUT2D eigenvalue weighted by atomic mass is 9.77. The Kier molecular flexibility index (Phi) is 4.02. The highest BCUT2D eigenvalue weighted by Crippen LogP contribution is 2.32. The molecule has 0 spiro atoms. The van der Waals surface area contributed by atoms with Crippen molar-refractivity contribution in [1.29, 1.82) is 0 Å². The molecular formula is C13H20N2O2S. The zero-order valence-corrected chi connectivity index (χ0v) is 11.7. The third-order valence-electron chi connectivity index (χ3n) is 3.62. The van der Waals surface area contributed by atoms with E-state index in [1.807, 2.05) is 6.92 Å². The Morgan fingerprint density at radius 2 is 2.50 bits per heavy atom. The first-order valence-corrected chi connectivity index (χ1v) is 7.22. The molecule has 1 heterocycles. The van der Waals surface area contributed by atoms with Crippen LogP contribution < -0.4 is 5.32 Å². The molecule has 0 radical (unpaired) electrons. The van der Waals surface area contributed by atoms with Crippen LogP contribution in [0, 0.1) is 12.8 Å². The van der Waals surface area contributed by atoms with Gasteiger partial charge in [-0.25, -0.2) is 4.98 Å². The normalized spacial score (nSPS) is 28.1. The molecule has 5 heteroatoms. The van der Waals surface area contributed by atoms with Crippen LogP contribution in [0.25, 0.3) is 0 Å². The molecule has 1 aliphatic carbocycles. The number of aryl methyl sites for hydroxylation is 1. The molecule has 2 N–H and O–H groups in total. The number of rotatable bonds is 3. The molecule has 2 unspecified atom stereocenters. The van der Waals surface area contributed by atoms with Crippen molar-refractivity contribution < 1.29 is 9.90 Å². The second-order valence-electron chi connectivity index (χ2n) is 5.34. The van der Waals surface area contributed by atoms with Gasteiger partial charge < -0.3 is 10.4 Å². The van der Waals surface area contributed by atoms with E-state index in [2.05, 4.69) is 17.2 Å². The molecule has 1 fully saturated rings. The summed E-state index contributed by atoms with van der Waals surface area (Å²) < 4.78 is 0. The molecule has 100 valence electrons. The van der Waals surface area contributed by atoms with E-state index < -0.39 is 5.54 Å². The van der Waals surface area contributed by atoms with Crippen LogP contribution in [0.4, 0.5) is 0 Å². The van der Waals surface area contributed by atoms with Crippen LogP contribution >= 0.6 is 11.3 Å². The van der Waals surface area contributed by atoms with Crippen LogP contribution in [0.2, 0.25) is 0 Å². The molecule has 1 saturated carbocycles. The number of thiazole rings is 1. The molecule has 2 atom stereocenters. The van der Waals surface area contributed by atoms with E-state index >= 15 is 0 Å². The molecule has 0 aromatic carbocycles. The van der Waals surface area contributed by atoms with Gasteiger partial charge in [-0.1, -0.05) is 19.8 Å². The highest BCUT2D eigenvalue weighted by molar-refractivity contribution is 7.13. The molecule has 18 heavy (non-hydrogen) atoms. The number of carbonyl (C=O) groups is 1. The van der Waals surface area contributed by atoms with E-state index in [0.717, 1.165) is 24.3 Å². The third kappa shape index (κ3) is 2.90. The van der Waals surface area contributed by atoms with Crippen LogP contribution in [-0.2, 0) is 0 Å². The molecule has 1 aromatic heterocycles. The number of hydrogen-bond donors (Lipinski definition) is 2. The Morgan fingerprint density at radius 1 is 1.72 bits per heavy atom. The maximum atomic E-state index is 12.1. The van der Waals surface area contributed by atoms with Gasteiger partial charge in [0, 0.05) is 0 Å². The average Bonchev–Trinajstić information content (AvgIpc) is 2.76. The first-order chi connectivity index (χ1) is 8.54. The fourth-order valence-electron chi connectivity index (χ4n) is 2.73. The summed E-state index contributed by atoms with van der Waals surface area (Å²) in [7, 11) is 0. The maximum absolute atomic E-state index is 12.1. The summed E-state index contributed by atoms with van der Waals surface area (Å²) in [5, 5.41) is 13.5. The lowest BCUT2D eigenvalue weighted by Crippen LogP contribution is -2.53. The van der Waals surface area contributed by atoms with Crippen molar-refractivity contribution >= 4 is 17.2 Å². The standard InChI is InChI=1S/C13H20N2O2S/c1-9-4-3-5-13(6-9,8-16)15-12(17)11-7-14-10(2)18-11/h7,9,16H,3-6,8H2,1-2H3,(H,15,17). The fourth-order valence-corrected chi connectivity index (χ4v) is 3.40. The van der Waals surface area contributed by atoms with Crippen LogP contribution in [0.3, 0.4) is 0 Å². The van der Waals surface area contributed by atoms with Crippen molar-refractivity contribution in [2.24, 2.45) is 5.92 Å². The summed E-state index contributed by atoms with van der Waals surface area (Å²) >= 11 is 1.39. The Bertz CT molecular complexity index is 432. The minimum Gasteiger partial charge on any atom is -0.394 e. The topological polar surface area (TPSA) is 62.2 Å². The average molecular weight is 268 g/mol. The van der Waals surface area contributed by atoms with Crippen LogP contribution in [0.15, 0.2) is 6.20 Å². The van der Waals surface area contributed by atoms with E-state index in [9.17, 15) is 9.90 Å². The number of carbonyl (C=O) groups excluding carboxylic acids is 1. The number of aliphatic hydroxyl groups is 1. The first kappa shape index (κ1) is 13.5. The van der Waals surface area contributed by atoms with Crippen molar-refractivity contribution in [1.82, 2.24) is 10.3 Å². The monoisotopic (exact) mass is 268 g/mol. The van der Waals surface area contributed by atoms with Gasteiger partial charge in [0.25, 0.3) is 5.91 Å². The number of aromatic nitrogens is 1. The van der Waals surface area contributed by atoms with E-state index in [1.54, 1.807) is 6.20 Å². The van der Waals surface area contributed by atoms with Crippen molar-refractivity contribution in [3.8, 4) is 0 Å². The second kappa shape index (κ2) is 5.36. The first-order valence-electron chi connectivity index (χ1n) is 6.40. The van der Waals surface area contributed by atoms with Gasteiger partial charge in [0.1, 0.15) is 4.88 Å². The van der Waals surface area contributed by atoms with Gasteiger partial charge >= 0.3 is 0 Å². The molecule has 0 bridgehead atoms. The maximum Gasteiger partial charge on any atom is 0.263 e. The van der Waals surface area contributed by atoms with Gasteiger partial charge in [-0.3, -0.25) is 4.79 Å². The summed E-state index contributed by atoms with van der Waals surface area (Å²) in [6, 6.07) is 0. The van der Waals surface area contributed by atoms with Gasteiger partial charge in [-0.05, 0) is 25.7 Å². The molecule has 1 amide bonds. The molecule has 1 aromatic rings. The van der Waals surface area contributed by atoms with Crippen molar-refractivity contribution in [3.63, 3.8) is 0 Å². The highest BCUT2D eigenvalue weighted by Gasteiger charge is 2.36. The Balaban J connectivity index is 2.08. The summed E-state index contributed by atoms with van der Waals surface area (Å²) in [6.45, 7) is 4.07. The quantitative estimate of drug-likeness (QED) is 0.882. The van der Waals surface area contributed by atoms with E-state index in [-0.39, 0.29) is 12.5 Å². The molecule has 4 nitrogen and oxygen atoms in total. The minimum atomic E-state index is -0.438. The number of hydrogen-bond acceptors (Lipinski definition) is 4. The van der Waals surface area contributed by atoms with Crippen LogP contribution in [-0.4, -0.2) is 28.1 Å². The summed E-state index contributed by atoms with van der Waals surface area (Å²) in [5.41, 5.74) is -0.438. The Labute approximate surface area is 111 Å². The lowest BCUT2D eigenvalue weighted by Gasteiger charge is -2.39. The van der Waals surface area contributed by atoms with Crippen molar-refractivity contribution in [2.45, 2.75) is 45.1 Å². The number of amides is 1. The van der Waals surface area contributed by atoms with Crippen molar-refractivity contribution in [2.75, 3.05) is 6.61 Å². The summed E-state index contributed by atoms with van der Waals surface area (Å²) in [4.78, 5) is 16.9. The summed E-state index contributed by atoms with van der Waals surface area (Å²) in [6.07, 6.45) is 5.55. The Morgan fingerprint density at radius 3 is 3.06 bits per heavy atom. The van der Waals surface area contributed by atoms with E-state index in [1.165, 1.54) is 17.8 Å². The zero-order chi connectivity index (χ0) is 13.2. The number of aliphatic hydroxyl groups excluding tert-OH is 1. The SMILES string of the molecule is Cc1ncc(C(=O)NC2(CO)CCCC(C)C2)s1. The van der Waals surface area contributed by atoms with E-state index in [4.69, 9.17) is 0 Å². The van der Waals surface area contributed by atoms with Gasteiger partial charge in [0.2, 0.25) is 0 Å². The van der Waals surface area contributed by atoms with Crippen molar-refractivity contribution in [3.05, 3.63) is 16.1 Å². The summed E-state index contributed by atoms with van der Waals surface area (Å²) in [5.74, 6) is 0.443. The largest absolute Gasteiger partial charge is 0.394 e. The third-order valence-corrected chi connectivity index (χ3v) is 4.53. The lowest BCUT2D eigenvalue weighted by molar-refractivity contribution is 0.0700. The molecule has 1 aliphatic rings. The van der Waals surface area contributed by atoms with Gasteiger partial charge in [-0.15, -0.1) is 11.3 Å². The predicted molar refractivity (Wildman–Crippen MR) is 71.8 cm³/mol. The number of nitrogens with zero attached hydrogens (tertiary/aromatic N) is 1. The highest BCUT2D eigenvalue weighted by atomic mass is 32.1. The second-order valence-corrected chi connectivity index (χ2v) is 6.57. The van der Waals surface area contributed by atoms with E-state index in [0.29, 0.717) is 10.8 Å².